The summed E-state index contributed by atoms with van der Waals surface area (Å²) in [6.07, 6.45) is 0. The summed E-state index contributed by atoms with van der Waals surface area (Å²) < 4.78 is 16.5. The standard InChI is InChI=1S/C19H21ClN2O4S/c20-14-10-13(11-16-18(14)26-8-7-25-16)19(23)21-12-15(17-2-1-9-27-17)22-3-5-24-6-4-22/h1-2,9-11,15H,3-8,12H2,(H,21,23)/t15-/m0/s1. The van der Waals surface area contributed by atoms with Crippen LogP contribution in [-0.2, 0) is 4.74 Å². The van der Waals surface area contributed by atoms with Crippen molar-refractivity contribution in [3.63, 3.8) is 0 Å². The van der Waals surface area contributed by atoms with E-state index in [0.29, 0.717) is 55.1 Å². The molecule has 1 amide bonds. The van der Waals surface area contributed by atoms with Crippen molar-refractivity contribution < 1.29 is 19.0 Å². The summed E-state index contributed by atoms with van der Waals surface area (Å²) in [5.41, 5.74) is 0.469. The molecule has 3 heterocycles. The Hall–Kier alpha value is -1.80. The number of hydrogen-bond acceptors (Lipinski definition) is 6. The Kier molecular flexibility index (Phi) is 5.83. The predicted octanol–water partition coefficient (Wildman–Crippen LogP) is 2.98. The number of carbonyl (C=O) groups is 1. The van der Waals surface area contributed by atoms with Crippen LogP contribution in [0.1, 0.15) is 21.3 Å². The van der Waals surface area contributed by atoms with Gasteiger partial charge in [-0.1, -0.05) is 17.7 Å². The number of halogens is 1. The van der Waals surface area contributed by atoms with E-state index >= 15 is 0 Å². The van der Waals surface area contributed by atoms with E-state index in [1.807, 2.05) is 6.07 Å². The van der Waals surface area contributed by atoms with Crippen LogP contribution in [0.4, 0.5) is 0 Å². The van der Waals surface area contributed by atoms with Crippen LogP contribution < -0.4 is 14.8 Å². The van der Waals surface area contributed by atoms with E-state index in [1.165, 1.54) is 4.88 Å². The van der Waals surface area contributed by atoms with Crippen LogP contribution in [0.2, 0.25) is 5.02 Å². The lowest BCUT2D eigenvalue weighted by molar-refractivity contribution is 0.0169. The molecular weight excluding hydrogens is 388 g/mol. The maximum atomic E-state index is 12.7. The van der Waals surface area contributed by atoms with Crippen molar-refractivity contribution in [1.82, 2.24) is 10.2 Å². The summed E-state index contributed by atoms with van der Waals surface area (Å²) >= 11 is 7.95. The molecule has 1 atom stereocenters. The zero-order valence-electron chi connectivity index (χ0n) is 14.8. The van der Waals surface area contributed by atoms with E-state index in [1.54, 1.807) is 23.5 Å². The minimum Gasteiger partial charge on any atom is -0.486 e. The number of amides is 1. The number of nitrogens with one attached hydrogen (secondary N) is 1. The van der Waals surface area contributed by atoms with Crippen molar-refractivity contribution in [1.29, 1.82) is 0 Å². The highest BCUT2D eigenvalue weighted by molar-refractivity contribution is 7.10. The Morgan fingerprint density at radius 1 is 1.22 bits per heavy atom. The molecule has 1 fully saturated rings. The highest BCUT2D eigenvalue weighted by Crippen LogP contribution is 2.38. The molecule has 8 heteroatoms. The molecule has 0 aliphatic carbocycles. The van der Waals surface area contributed by atoms with Gasteiger partial charge in [-0.2, -0.15) is 0 Å². The molecule has 2 aromatic rings. The highest BCUT2D eigenvalue weighted by atomic mass is 35.5. The fraction of sp³-hybridized carbons (Fsp3) is 0.421. The van der Waals surface area contributed by atoms with Gasteiger partial charge in [-0.3, -0.25) is 9.69 Å². The zero-order valence-corrected chi connectivity index (χ0v) is 16.4. The molecule has 0 unspecified atom stereocenters. The van der Waals surface area contributed by atoms with Gasteiger partial charge in [-0.15, -0.1) is 11.3 Å². The van der Waals surface area contributed by atoms with E-state index in [4.69, 9.17) is 25.8 Å². The van der Waals surface area contributed by atoms with Crippen LogP contribution >= 0.6 is 22.9 Å². The molecule has 0 radical (unpaired) electrons. The summed E-state index contributed by atoms with van der Waals surface area (Å²) in [6, 6.07) is 7.59. The zero-order chi connectivity index (χ0) is 18.6. The number of morpholine rings is 1. The number of hydrogen-bond donors (Lipinski definition) is 1. The average molecular weight is 409 g/mol. The largest absolute Gasteiger partial charge is 0.486 e. The van der Waals surface area contributed by atoms with Gasteiger partial charge in [-0.25, -0.2) is 0 Å². The van der Waals surface area contributed by atoms with Gasteiger partial charge in [0, 0.05) is 30.1 Å². The van der Waals surface area contributed by atoms with Gasteiger partial charge in [0.1, 0.15) is 13.2 Å². The van der Waals surface area contributed by atoms with Crippen LogP contribution in [0.25, 0.3) is 0 Å². The smallest absolute Gasteiger partial charge is 0.251 e. The number of ether oxygens (including phenoxy) is 3. The van der Waals surface area contributed by atoms with Crippen molar-refractivity contribution in [3.05, 3.63) is 45.1 Å². The predicted molar refractivity (Wildman–Crippen MR) is 104 cm³/mol. The SMILES string of the molecule is O=C(NC[C@@H](c1cccs1)N1CCOCC1)c1cc(Cl)c2c(c1)OCCO2. The molecule has 0 bridgehead atoms. The van der Waals surface area contributed by atoms with Gasteiger partial charge >= 0.3 is 0 Å². The second-order valence-electron chi connectivity index (χ2n) is 6.37. The quantitative estimate of drug-likeness (QED) is 0.824. The van der Waals surface area contributed by atoms with Crippen molar-refractivity contribution in [2.75, 3.05) is 46.1 Å². The van der Waals surface area contributed by atoms with Gasteiger partial charge in [0.15, 0.2) is 11.5 Å². The third-order valence-corrected chi connectivity index (χ3v) is 5.93. The van der Waals surface area contributed by atoms with E-state index in [2.05, 4.69) is 21.7 Å². The third kappa shape index (κ3) is 4.21. The van der Waals surface area contributed by atoms with Crippen LogP contribution in [0.5, 0.6) is 11.5 Å². The first-order chi connectivity index (χ1) is 13.2. The maximum absolute atomic E-state index is 12.7. The number of carbonyl (C=O) groups excluding carboxylic acids is 1. The molecule has 144 valence electrons. The summed E-state index contributed by atoms with van der Waals surface area (Å²) in [5.74, 6) is 0.842. The molecule has 1 saturated heterocycles. The van der Waals surface area contributed by atoms with E-state index < -0.39 is 0 Å². The molecule has 1 aromatic heterocycles. The Bertz CT molecular complexity index is 793. The first kappa shape index (κ1) is 18.6. The highest BCUT2D eigenvalue weighted by Gasteiger charge is 2.25. The monoisotopic (exact) mass is 408 g/mol. The van der Waals surface area contributed by atoms with Crippen molar-refractivity contribution in [2.45, 2.75) is 6.04 Å². The second-order valence-corrected chi connectivity index (χ2v) is 7.76. The molecule has 6 nitrogen and oxygen atoms in total. The fourth-order valence-corrected chi connectivity index (χ4v) is 4.44. The average Bonchev–Trinajstić information content (AvgIpc) is 3.23. The summed E-state index contributed by atoms with van der Waals surface area (Å²) in [4.78, 5) is 16.3. The van der Waals surface area contributed by atoms with Crippen LogP contribution in [0.3, 0.4) is 0 Å². The van der Waals surface area contributed by atoms with Crippen molar-refractivity contribution in [3.8, 4) is 11.5 Å². The molecule has 4 rings (SSSR count). The Balaban J connectivity index is 1.47. The van der Waals surface area contributed by atoms with Crippen molar-refractivity contribution in [2.24, 2.45) is 0 Å². The Morgan fingerprint density at radius 3 is 2.81 bits per heavy atom. The molecule has 1 aromatic carbocycles. The molecule has 2 aliphatic heterocycles. The van der Waals surface area contributed by atoms with E-state index in [-0.39, 0.29) is 11.9 Å². The fourth-order valence-electron chi connectivity index (χ4n) is 3.31. The third-order valence-electron chi connectivity index (χ3n) is 4.67. The molecule has 0 spiro atoms. The molecule has 1 N–H and O–H groups in total. The minimum absolute atomic E-state index is 0.130. The summed E-state index contributed by atoms with van der Waals surface area (Å²) in [5, 5.41) is 5.50. The van der Waals surface area contributed by atoms with Crippen LogP contribution in [0, 0.1) is 0 Å². The van der Waals surface area contributed by atoms with Gasteiger partial charge in [0.2, 0.25) is 0 Å². The molecule has 0 saturated carbocycles. The minimum atomic E-state index is -0.177. The lowest BCUT2D eigenvalue weighted by atomic mass is 10.1. The number of rotatable bonds is 5. The van der Waals surface area contributed by atoms with Gasteiger partial charge in [-0.05, 0) is 23.6 Å². The maximum Gasteiger partial charge on any atom is 0.251 e. The van der Waals surface area contributed by atoms with Crippen LogP contribution in [0.15, 0.2) is 29.6 Å². The topological polar surface area (TPSA) is 60.0 Å². The van der Waals surface area contributed by atoms with Crippen molar-refractivity contribution >= 4 is 28.8 Å². The first-order valence-electron chi connectivity index (χ1n) is 8.95. The van der Waals surface area contributed by atoms with Gasteiger partial charge < -0.3 is 19.5 Å². The number of nitrogens with zero attached hydrogens (tertiary/aromatic N) is 1. The summed E-state index contributed by atoms with van der Waals surface area (Å²) in [6.45, 7) is 4.57. The Morgan fingerprint density at radius 2 is 2.04 bits per heavy atom. The van der Waals surface area contributed by atoms with Gasteiger partial charge in [0.05, 0.1) is 24.3 Å². The lowest BCUT2D eigenvalue weighted by Gasteiger charge is -2.34. The molecular formula is C19H21ClN2O4S. The number of fused-ring (bicyclic) bond motifs is 1. The normalized spacial score (nSPS) is 18.1. The lowest BCUT2D eigenvalue weighted by Crippen LogP contribution is -2.43. The first-order valence-corrected chi connectivity index (χ1v) is 10.2. The second kappa shape index (κ2) is 8.48. The molecule has 2 aliphatic rings. The number of thiophene rings is 1. The summed E-state index contributed by atoms with van der Waals surface area (Å²) in [7, 11) is 0. The van der Waals surface area contributed by atoms with Gasteiger partial charge in [0.25, 0.3) is 5.91 Å². The van der Waals surface area contributed by atoms with E-state index in [9.17, 15) is 4.79 Å². The van der Waals surface area contributed by atoms with E-state index in [0.717, 1.165) is 13.1 Å². The number of benzene rings is 1. The molecule has 27 heavy (non-hydrogen) atoms. The Labute approximate surface area is 167 Å². The van der Waals surface area contributed by atoms with Crippen LogP contribution in [-0.4, -0.2) is 56.9 Å².